The summed E-state index contributed by atoms with van der Waals surface area (Å²) in [6.45, 7) is 2.58. The summed E-state index contributed by atoms with van der Waals surface area (Å²) in [5.74, 6) is 0.874. The summed E-state index contributed by atoms with van der Waals surface area (Å²) >= 11 is 8.73. The third-order valence-corrected chi connectivity index (χ3v) is 5.29. The normalized spacial score (nSPS) is 12.4. The second-order valence-electron chi connectivity index (χ2n) is 4.42. The van der Waals surface area contributed by atoms with E-state index in [1.54, 1.807) is 11.3 Å². The maximum absolute atomic E-state index is 5.85. The lowest BCUT2D eigenvalue weighted by atomic mass is 10.1. The molecule has 1 unspecified atom stereocenters. The van der Waals surface area contributed by atoms with E-state index in [-0.39, 0.29) is 6.04 Å². The highest BCUT2D eigenvalue weighted by atomic mass is 79.9. The Morgan fingerprint density at radius 2 is 2.05 bits per heavy atom. The smallest absolute Gasteiger partial charge is 0.124 e. The molecule has 0 aliphatic rings. The topological polar surface area (TPSA) is 35.2 Å². The molecule has 2 N–H and O–H groups in total. The maximum Gasteiger partial charge on any atom is 0.124 e. The molecule has 0 amide bonds. The highest BCUT2D eigenvalue weighted by Crippen LogP contribution is 2.27. The summed E-state index contributed by atoms with van der Waals surface area (Å²) in [5.41, 5.74) is 7.03. The van der Waals surface area contributed by atoms with Crippen molar-refractivity contribution in [1.82, 2.24) is 0 Å². The van der Waals surface area contributed by atoms with Gasteiger partial charge in [0, 0.05) is 15.0 Å². The molecule has 0 aliphatic heterocycles. The minimum absolute atomic E-state index is 0.137. The molecule has 5 heteroatoms. The van der Waals surface area contributed by atoms with E-state index < -0.39 is 0 Å². The summed E-state index contributed by atoms with van der Waals surface area (Å²) < 4.78 is 8.01. The molecule has 0 bridgehead atoms. The zero-order chi connectivity index (χ0) is 13.8. The van der Waals surface area contributed by atoms with Gasteiger partial charge in [0.1, 0.15) is 12.4 Å². The van der Waals surface area contributed by atoms with Crippen molar-refractivity contribution in [3.05, 3.63) is 49.0 Å². The van der Waals surface area contributed by atoms with Crippen molar-refractivity contribution < 1.29 is 4.74 Å². The Hall–Kier alpha value is -0.360. The van der Waals surface area contributed by atoms with Gasteiger partial charge >= 0.3 is 0 Å². The summed E-state index contributed by atoms with van der Waals surface area (Å²) in [7, 11) is 0. The van der Waals surface area contributed by atoms with Crippen LogP contribution in [0.4, 0.5) is 0 Å². The second-order valence-corrected chi connectivity index (χ2v) is 7.12. The van der Waals surface area contributed by atoms with E-state index in [4.69, 9.17) is 10.5 Å². The summed E-state index contributed by atoms with van der Waals surface area (Å²) in [4.78, 5) is 1.19. The van der Waals surface area contributed by atoms with E-state index in [9.17, 15) is 0 Å². The summed E-state index contributed by atoms with van der Waals surface area (Å²) in [6.07, 6.45) is 0.834. The molecule has 0 aliphatic carbocycles. The van der Waals surface area contributed by atoms with Crippen LogP contribution < -0.4 is 10.5 Å². The molecule has 19 heavy (non-hydrogen) atoms. The molecule has 0 radical (unpaired) electrons. The first kappa shape index (κ1) is 15.0. The molecule has 2 nitrogen and oxygen atoms in total. The van der Waals surface area contributed by atoms with Crippen LogP contribution >= 0.6 is 43.2 Å². The fourth-order valence-electron chi connectivity index (χ4n) is 1.72. The Bertz CT molecular complexity index is 554. The van der Waals surface area contributed by atoms with Gasteiger partial charge in [-0.2, -0.15) is 0 Å². The molecule has 1 aromatic carbocycles. The first-order chi connectivity index (χ1) is 9.06. The van der Waals surface area contributed by atoms with Crippen LogP contribution in [0, 0.1) is 0 Å². The van der Waals surface area contributed by atoms with Gasteiger partial charge in [0.05, 0.1) is 4.88 Å². The zero-order valence-corrected chi connectivity index (χ0v) is 14.5. The van der Waals surface area contributed by atoms with Crippen molar-refractivity contribution >= 4 is 43.2 Å². The first-order valence-electron chi connectivity index (χ1n) is 5.95. The van der Waals surface area contributed by atoms with Gasteiger partial charge in [-0.15, -0.1) is 11.3 Å². The van der Waals surface area contributed by atoms with Gasteiger partial charge in [-0.25, -0.2) is 0 Å². The van der Waals surface area contributed by atoms with Crippen molar-refractivity contribution in [3.8, 4) is 5.75 Å². The van der Waals surface area contributed by atoms with Crippen LogP contribution in [0.1, 0.15) is 17.4 Å². The number of hydrogen-bond acceptors (Lipinski definition) is 3. The lowest BCUT2D eigenvalue weighted by molar-refractivity contribution is 0.308. The molecule has 0 saturated carbocycles. The Labute approximate surface area is 134 Å². The molecule has 2 rings (SSSR count). The Kier molecular flexibility index (Phi) is 5.45. The number of hydrogen-bond donors (Lipinski definition) is 1. The molecule has 0 saturated heterocycles. The van der Waals surface area contributed by atoms with Gasteiger partial charge in [-0.05, 0) is 64.5 Å². The number of thiophene rings is 1. The van der Waals surface area contributed by atoms with E-state index in [0.29, 0.717) is 6.61 Å². The molecule has 0 spiro atoms. The zero-order valence-electron chi connectivity index (χ0n) is 10.5. The minimum atomic E-state index is 0.137. The van der Waals surface area contributed by atoms with Crippen LogP contribution in [0.3, 0.4) is 0 Å². The predicted molar refractivity (Wildman–Crippen MR) is 87.8 cm³/mol. The van der Waals surface area contributed by atoms with Gasteiger partial charge in [0.15, 0.2) is 0 Å². The number of halogens is 2. The van der Waals surface area contributed by atoms with Crippen LogP contribution in [0.5, 0.6) is 5.75 Å². The second kappa shape index (κ2) is 6.88. The van der Waals surface area contributed by atoms with Crippen LogP contribution in [-0.2, 0) is 13.0 Å². The van der Waals surface area contributed by atoms with Crippen molar-refractivity contribution in [3.63, 3.8) is 0 Å². The summed E-state index contributed by atoms with van der Waals surface area (Å²) in [6, 6.07) is 8.20. The van der Waals surface area contributed by atoms with E-state index in [0.717, 1.165) is 21.1 Å². The SMILES string of the molecule is CC(N)Cc1cc(OCc2sccc2Br)ccc1Br. The van der Waals surface area contributed by atoms with Crippen LogP contribution in [0.2, 0.25) is 0 Å². The van der Waals surface area contributed by atoms with E-state index >= 15 is 0 Å². The summed E-state index contributed by atoms with van der Waals surface area (Å²) in [5, 5.41) is 2.05. The number of nitrogens with two attached hydrogens (primary N) is 1. The third kappa shape index (κ3) is 4.31. The van der Waals surface area contributed by atoms with Gasteiger partial charge < -0.3 is 10.5 Å². The highest BCUT2D eigenvalue weighted by molar-refractivity contribution is 9.10. The molecule has 102 valence electrons. The largest absolute Gasteiger partial charge is 0.488 e. The maximum atomic E-state index is 5.85. The lowest BCUT2D eigenvalue weighted by Gasteiger charge is -2.11. The van der Waals surface area contributed by atoms with Gasteiger partial charge in [-0.1, -0.05) is 15.9 Å². The van der Waals surface area contributed by atoms with Crippen LogP contribution in [0.15, 0.2) is 38.6 Å². The van der Waals surface area contributed by atoms with E-state index in [2.05, 4.69) is 37.9 Å². The van der Waals surface area contributed by atoms with E-state index in [1.807, 2.05) is 30.5 Å². The molecule has 1 atom stereocenters. The standard InChI is InChI=1S/C14H15Br2NOS/c1-9(17)6-10-7-11(2-3-12(10)15)18-8-14-13(16)4-5-19-14/h2-5,7,9H,6,8,17H2,1H3. The fraction of sp³-hybridized carbons (Fsp3) is 0.286. The van der Waals surface area contributed by atoms with E-state index in [1.165, 1.54) is 10.4 Å². The van der Waals surface area contributed by atoms with Crippen LogP contribution in [0.25, 0.3) is 0 Å². The van der Waals surface area contributed by atoms with Crippen molar-refractivity contribution in [1.29, 1.82) is 0 Å². The fourth-order valence-corrected chi connectivity index (χ4v) is 3.51. The Balaban J connectivity index is 2.06. The number of rotatable bonds is 5. The predicted octanol–water partition coefficient (Wildman–Crippen LogP) is 4.74. The average Bonchev–Trinajstić information content (AvgIpc) is 2.75. The van der Waals surface area contributed by atoms with Gasteiger partial charge in [0.2, 0.25) is 0 Å². The Morgan fingerprint density at radius 3 is 2.68 bits per heavy atom. The Morgan fingerprint density at radius 1 is 1.26 bits per heavy atom. The molecule has 0 fully saturated rings. The number of ether oxygens (including phenoxy) is 1. The number of benzene rings is 1. The monoisotopic (exact) mass is 403 g/mol. The highest BCUT2D eigenvalue weighted by Gasteiger charge is 2.07. The van der Waals surface area contributed by atoms with Crippen molar-refractivity contribution in [2.45, 2.75) is 26.0 Å². The van der Waals surface area contributed by atoms with Gasteiger partial charge in [-0.3, -0.25) is 0 Å². The van der Waals surface area contributed by atoms with Crippen molar-refractivity contribution in [2.75, 3.05) is 0 Å². The molecule has 2 aromatic rings. The van der Waals surface area contributed by atoms with Crippen LogP contribution in [-0.4, -0.2) is 6.04 Å². The average molecular weight is 405 g/mol. The van der Waals surface area contributed by atoms with Crippen molar-refractivity contribution in [2.24, 2.45) is 5.73 Å². The first-order valence-corrected chi connectivity index (χ1v) is 8.41. The third-order valence-electron chi connectivity index (χ3n) is 2.62. The molecule has 1 heterocycles. The molecule has 1 aromatic heterocycles. The lowest BCUT2D eigenvalue weighted by Crippen LogP contribution is -2.18. The van der Waals surface area contributed by atoms with Gasteiger partial charge in [0.25, 0.3) is 0 Å². The molecular weight excluding hydrogens is 390 g/mol. The minimum Gasteiger partial charge on any atom is -0.488 e. The molecular formula is C14H15Br2NOS. The quantitative estimate of drug-likeness (QED) is 0.780.